The van der Waals surface area contributed by atoms with Gasteiger partial charge in [0.25, 0.3) is 5.92 Å². The van der Waals surface area contributed by atoms with E-state index < -0.39 is 12.0 Å². The molecule has 7 heteroatoms. The molecule has 0 saturated heterocycles. The summed E-state index contributed by atoms with van der Waals surface area (Å²) in [4.78, 5) is 18.5. The van der Waals surface area contributed by atoms with Gasteiger partial charge in [-0.3, -0.25) is 9.79 Å². The van der Waals surface area contributed by atoms with Crippen LogP contribution in [0.4, 0.5) is 14.5 Å². The van der Waals surface area contributed by atoms with Crippen molar-refractivity contribution in [2.45, 2.75) is 76.5 Å². The van der Waals surface area contributed by atoms with E-state index in [9.17, 15) is 13.6 Å². The van der Waals surface area contributed by atoms with Crippen molar-refractivity contribution >= 4 is 23.4 Å². The van der Waals surface area contributed by atoms with Gasteiger partial charge >= 0.3 is 0 Å². The third kappa shape index (κ3) is 4.00. The van der Waals surface area contributed by atoms with Crippen molar-refractivity contribution in [1.29, 1.82) is 0 Å². The maximum Gasteiger partial charge on any atom is 0.255 e. The Labute approximate surface area is 169 Å². The number of halogens is 2. The molecule has 0 aromatic heterocycles. The van der Waals surface area contributed by atoms with Gasteiger partial charge in [0.05, 0.1) is 11.7 Å². The van der Waals surface area contributed by atoms with Crippen LogP contribution in [0.3, 0.4) is 0 Å². The Bertz CT molecular complexity index is 869. The Balaban J connectivity index is 1.75. The van der Waals surface area contributed by atoms with Crippen LogP contribution in [0.5, 0.6) is 5.75 Å². The number of amides is 1. The minimum Gasteiger partial charge on any atom is -0.489 e. The fraction of sp³-hybridized carbons (Fsp3) is 0.545. The highest BCUT2D eigenvalue weighted by Gasteiger charge is 2.47. The average molecular weight is 403 g/mol. The van der Waals surface area contributed by atoms with Crippen molar-refractivity contribution in [3.63, 3.8) is 0 Å². The third-order valence-corrected chi connectivity index (χ3v) is 5.89. The molecule has 2 saturated carbocycles. The number of carbonyl (C=O) groups is 1. The molecule has 2 N–H and O–H groups in total. The van der Waals surface area contributed by atoms with E-state index in [1.54, 1.807) is 18.0 Å². The summed E-state index contributed by atoms with van der Waals surface area (Å²) < 4.78 is 32.9. The number of fused-ring (bicyclic) bond motifs is 1. The van der Waals surface area contributed by atoms with Crippen LogP contribution in [0.25, 0.3) is 5.57 Å². The quantitative estimate of drug-likeness (QED) is 0.753. The zero-order chi connectivity index (χ0) is 20.8. The van der Waals surface area contributed by atoms with Crippen LogP contribution < -0.4 is 15.4 Å². The second-order valence-electron chi connectivity index (χ2n) is 8.35. The van der Waals surface area contributed by atoms with Gasteiger partial charge in [-0.05, 0) is 44.7 Å². The van der Waals surface area contributed by atoms with Gasteiger partial charge in [0.15, 0.2) is 0 Å². The monoisotopic (exact) mass is 403 g/mol. The molecule has 2 aliphatic carbocycles. The molecule has 5 nitrogen and oxygen atoms in total. The summed E-state index contributed by atoms with van der Waals surface area (Å²) >= 11 is 0. The number of hydrogen-bond donors (Lipinski definition) is 1. The molecule has 1 aromatic carbocycles. The molecule has 0 radical (unpaired) electrons. The maximum atomic E-state index is 13.4. The number of ether oxygens (including phenoxy) is 1. The van der Waals surface area contributed by atoms with E-state index in [2.05, 4.69) is 4.99 Å². The van der Waals surface area contributed by atoms with Crippen molar-refractivity contribution in [3.8, 4) is 5.75 Å². The number of carbonyl (C=O) groups excluding carboxylic acids is 1. The van der Waals surface area contributed by atoms with E-state index in [-0.39, 0.29) is 24.8 Å². The molecule has 3 aliphatic rings. The average Bonchev–Trinajstić information content (AvgIpc) is 3.45. The first-order valence-corrected chi connectivity index (χ1v) is 10.2. The molecule has 0 bridgehead atoms. The summed E-state index contributed by atoms with van der Waals surface area (Å²) in [5.41, 5.74) is 8.99. The molecule has 1 heterocycles. The predicted octanol–water partition coefficient (Wildman–Crippen LogP) is 4.08. The molecule has 1 amide bonds. The van der Waals surface area contributed by atoms with Crippen molar-refractivity contribution in [2.75, 3.05) is 4.90 Å². The summed E-state index contributed by atoms with van der Waals surface area (Å²) in [7, 11) is 0. The van der Waals surface area contributed by atoms with Gasteiger partial charge in [0.1, 0.15) is 11.9 Å². The Morgan fingerprint density at radius 1 is 1.31 bits per heavy atom. The van der Waals surface area contributed by atoms with E-state index >= 15 is 0 Å². The molecule has 2 fully saturated rings. The molecule has 156 valence electrons. The zero-order valence-corrected chi connectivity index (χ0v) is 16.8. The number of alkyl halides is 2. The highest BCUT2D eigenvalue weighted by Crippen LogP contribution is 2.45. The van der Waals surface area contributed by atoms with Gasteiger partial charge in [-0.2, -0.15) is 0 Å². The fourth-order valence-electron chi connectivity index (χ4n) is 4.11. The summed E-state index contributed by atoms with van der Waals surface area (Å²) in [5, 5.41) is 0. The number of nitrogens with zero attached hydrogens (tertiary/aromatic N) is 2. The second kappa shape index (κ2) is 7.43. The minimum atomic E-state index is -2.67. The van der Waals surface area contributed by atoms with Crippen molar-refractivity contribution < 1.29 is 18.3 Å². The summed E-state index contributed by atoms with van der Waals surface area (Å²) in [5.74, 6) is -2.16. The summed E-state index contributed by atoms with van der Waals surface area (Å²) in [6.45, 7) is 3.55. The highest BCUT2D eigenvalue weighted by molar-refractivity contribution is 6.11. The largest absolute Gasteiger partial charge is 0.489 e. The standard InChI is InChI=1S/C22H27F2N3O2/c1-13-3-6-19-20(27(13)14(2)28)8-7-18(15(11-25)12-26-16-4-5-16)21(19)29-17-9-22(23,24)10-17/h7-8,11-13,16-17H,3-6,9-10,25H2,1-2H3. The number of rotatable bonds is 5. The second-order valence-corrected chi connectivity index (χ2v) is 8.35. The number of anilines is 1. The number of allylic oxidation sites excluding steroid dienone is 1. The number of nitrogens with two attached hydrogens (primary N) is 1. The molecule has 1 aromatic rings. The van der Waals surface area contributed by atoms with E-state index in [4.69, 9.17) is 10.5 Å². The molecule has 29 heavy (non-hydrogen) atoms. The van der Waals surface area contributed by atoms with Crippen molar-refractivity contribution in [1.82, 2.24) is 0 Å². The topological polar surface area (TPSA) is 67.9 Å². The lowest BCUT2D eigenvalue weighted by Gasteiger charge is -2.39. The Hall–Kier alpha value is -2.44. The fourth-order valence-corrected chi connectivity index (χ4v) is 4.11. The van der Waals surface area contributed by atoms with Crippen LogP contribution in [0.1, 0.15) is 57.1 Å². The first-order chi connectivity index (χ1) is 13.8. The van der Waals surface area contributed by atoms with E-state index in [1.165, 1.54) is 6.20 Å². The van der Waals surface area contributed by atoms with Crippen molar-refractivity contribution in [2.24, 2.45) is 10.7 Å². The van der Waals surface area contributed by atoms with E-state index in [0.717, 1.165) is 36.1 Å². The lowest BCUT2D eigenvalue weighted by atomic mass is 9.89. The lowest BCUT2D eigenvalue weighted by Crippen LogP contribution is -2.44. The lowest BCUT2D eigenvalue weighted by molar-refractivity contribution is -0.134. The minimum absolute atomic E-state index is 0.0442. The zero-order valence-electron chi connectivity index (χ0n) is 16.8. The van der Waals surface area contributed by atoms with Gasteiger partial charge in [0.2, 0.25) is 5.91 Å². The van der Waals surface area contributed by atoms with Gasteiger partial charge in [0, 0.05) is 54.9 Å². The van der Waals surface area contributed by atoms with Crippen LogP contribution >= 0.6 is 0 Å². The molecule has 1 aliphatic heterocycles. The Morgan fingerprint density at radius 2 is 2.03 bits per heavy atom. The highest BCUT2D eigenvalue weighted by atomic mass is 19.3. The number of benzene rings is 1. The SMILES string of the molecule is CC(=O)N1c2ccc(C(C=NC3CC3)=CN)c(OC3CC(F)(F)C3)c2CCC1C. The summed E-state index contributed by atoms with van der Waals surface area (Å²) in [6, 6.07) is 4.17. The van der Waals surface area contributed by atoms with Gasteiger partial charge < -0.3 is 15.4 Å². The van der Waals surface area contributed by atoms with Crippen LogP contribution in [-0.2, 0) is 11.2 Å². The molecule has 0 spiro atoms. The molecular weight excluding hydrogens is 376 g/mol. The van der Waals surface area contributed by atoms with Crippen molar-refractivity contribution in [3.05, 3.63) is 29.5 Å². The molecule has 1 unspecified atom stereocenters. The molecular formula is C22H27F2N3O2. The van der Waals surface area contributed by atoms with Crippen LogP contribution in [-0.4, -0.2) is 36.2 Å². The van der Waals surface area contributed by atoms with Crippen LogP contribution in [0, 0.1) is 0 Å². The first kappa shape index (κ1) is 19.9. The number of aliphatic imine (C=N–C) groups is 1. The maximum absolute atomic E-state index is 13.4. The van der Waals surface area contributed by atoms with Crippen LogP contribution in [0.2, 0.25) is 0 Å². The Kier molecular flexibility index (Phi) is 5.09. The van der Waals surface area contributed by atoms with Gasteiger partial charge in [-0.1, -0.05) is 0 Å². The van der Waals surface area contributed by atoms with E-state index in [1.807, 2.05) is 19.1 Å². The van der Waals surface area contributed by atoms with E-state index in [0.29, 0.717) is 23.8 Å². The first-order valence-electron chi connectivity index (χ1n) is 10.2. The third-order valence-electron chi connectivity index (χ3n) is 5.89. The van der Waals surface area contributed by atoms with Gasteiger partial charge in [-0.25, -0.2) is 8.78 Å². The smallest absolute Gasteiger partial charge is 0.255 e. The predicted molar refractivity (Wildman–Crippen MR) is 110 cm³/mol. The molecule has 1 atom stereocenters. The summed E-state index contributed by atoms with van der Waals surface area (Å²) in [6.07, 6.45) is 5.74. The molecule has 4 rings (SSSR count). The van der Waals surface area contributed by atoms with Crippen LogP contribution in [0.15, 0.2) is 23.3 Å². The normalized spacial score (nSPS) is 24.3. The Morgan fingerprint density at radius 3 is 2.62 bits per heavy atom. The number of hydrogen-bond acceptors (Lipinski definition) is 4. The van der Waals surface area contributed by atoms with Gasteiger partial charge in [-0.15, -0.1) is 0 Å².